The van der Waals surface area contributed by atoms with Gasteiger partial charge in [0.15, 0.2) is 0 Å². The molecule has 0 saturated carbocycles. The highest BCUT2D eigenvalue weighted by atomic mass is 16.6. The predicted molar refractivity (Wildman–Crippen MR) is 98.0 cm³/mol. The average molecular weight is 350 g/mol. The number of methoxy groups -OCH3 is 1. The van der Waals surface area contributed by atoms with Gasteiger partial charge in [-0.1, -0.05) is 26.0 Å². The van der Waals surface area contributed by atoms with Crippen LogP contribution in [0.3, 0.4) is 0 Å². The SMILES string of the molecule is CCC(CC)(CNC(=O)OC(C)(C)C)NC(=O)c1ccccc1OC. The number of rotatable bonds is 7. The van der Waals surface area contributed by atoms with Crippen LogP contribution in [0.2, 0.25) is 0 Å². The molecule has 0 radical (unpaired) electrons. The Morgan fingerprint density at radius 2 is 1.68 bits per heavy atom. The molecule has 2 N–H and O–H groups in total. The van der Waals surface area contributed by atoms with E-state index in [4.69, 9.17) is 9.47 Å². The maximum absolute atomic E-state index is 12.7. The number of carbonyl (C=O) groups is 2. The number of ether oxygens (including phenoxy) is 2. The number of amides is 2. The lowest BCUT2D eigenvalue weighted by molar-refractivity contribution is 0.0501. The van der Waals surface area contributed by atoms with Crippen LogP contribution in [0.15, 0.2) is 24.3 Å². The van der Waals surface area contributed by atoms with E-state index in [2.05, 4.69) is 10.6 Å². The third-order valence-electron chi connectivity index (χ3n) is 4.05. The summed E-state index contributed by atoms with van der Waals surface area (Å²) in [4.78, 5) is 24.6. The standard InChI is InChI=1S/C19H30N2O4/c1-7-19(8-2,13-20-17(23)25-18(3,4)5)21-16(22)14-11-9-10-12-15(14)24-6/h9-12H,7-8,13H2,1-6H3,(H,20,23)(H,21,22). The molecule has 6 nitrogen and oxygen atoms in total. The van der Waals surface area contributed by atoms with Gasteiger partial charge in [-0.3, -0.25) is 4.79 Å². The largest absolute Gasteiger partial charge is 0.496 e. The van der Waals surface area contributed by atoms with Crippen molar-refractivity contribution in [1.29, 1.82) is 0 Å². The monoisotopic (exact) mass is 350 g/mol. The maximum atomic E-state index is 12.7. The van der Waals surface area contributed by atoms with E-state index < -0.39 is 17.2 Å². The summed E-state index contributed by atoms with van der Waals surface area (Å²) in [5, 5.41) is 5.81. The Balaban J connectivity index is 2.84. The summed E-state index contributed by atoms with van der Waals surface area (Å²) in [6.07, 6.45) is 0.839. The van der Waals surface area contributed by atoms with Crippen molar-refractivity contribution in [2.45, 2.75) is 58.6 Å². The zero-order valence-corrected chi connectivity index (χ0v) is 16.1. The zero-order chi connectivity index (χ0) is 19.1. The van der Waals surface area contributed by atoms with Crippen LogP contribution in [-0.2, 0) is 4.74 Å². The summed E-state index contributed by atoms with van der Waals surface area (Å²) in [7, 11) is 1.53. The number of carbonyl (C=O) groups excluding carboxylic acids is 2. The number of para-hydroxylation sites is 1. The van der Waals surface area contributed by atoms with Gasteiger partial charge in [-0.15, -0.1) is 0 Å². The number of alkyl carbamates (subject to hydrolysis) is 1. The van der Waals surface area contributed by atoms with E-state index >= 15 is 0 Å². The Morgan fingerprint density at radius 1 is 1.08 bits per heavy atom. The van der Waals surface area contributed by atoms with Gasteiger partial charge in [-0.2, -0.15) is 0 Å². The topological polar surface area (TPSA) is 76.7 Å². The smallest absolute Gasteiger partial charge is 0.407 e. The fourth-order valence-corrected chi connectivity index (χ4v) is 2.42. The number of hydrogen-bond acceptors (Lipinski definition) is 4. The molecule has 0 aliphatic carbocycles. The van der Waals surface area contributed by atoms with Gasteiger partial charge in [0.25, 0.3) is 5.91 Å². The van der Waals surface area contributed by atoms with E-state index in [1.165, 1.54) is 7.11 Å². The molecular formula is C19H30N2O4. The van der Waals surface area contributed by atoms with Crippen molar-refractivity contribution in [2.75, 3.05) is 13.7 Å². The summed E-state index contributed by atoms with van der Waals surface area (Å²) in [5.74, 6) is 0.286. The van der Waals surface area contributed by atoms with Crippen molar-refractivity contribution in [1.82, 2.24) is 10.6 Å². The molecule has 0 saturated heterocycles. The summed E-state index contributed by atoms with van der Waals surface area (Å²) >= 11 is 0. The summed E-state index contributed by atoms with van der Waals surface area (Å²) in [6.45, 7) is 9.66. The van der Waals surface area contributed by atoms with Crippen LogP contribution in [-0.4, -0.2) is 36.8 Å². The van der Waals surface area contributed by atoms with Gasteiger partial charge in [0.05, 0.1) is 18.2 Å². The van der Waals surface area contributed by atoms with Crippen molar-refractivity contribution >= 4 is 12.0 Å². The molecule has 140 valence electrons. The van der Waals surface area contributed by atoms with Crippen LogP contribution in [0.4, 0.5) is 4.79 Å². The van der Waals surface area contributed by atoms with Gasteiger partial charge in [0.2, 0.25) is 0 Å². The average Bonchev–Trinajstić information content (AvgIpc) is 2.57. The molecule has 1 rings (SSSR count). The molecule has 1 aromatic carbocycles. The molecule has 0 aliphatic rings. The van der Waals surface area contributed by atoms with Crippen LogP contribution >= 0.6 is 0 Å². The van der Waals surface area contributed by atoms with Crippen molar-refractivity contribution < 1.29 is 19.1 Å². The van der Waals surface area contributed by atoms with Gasteiger partial charge in [-0.25, -0.2) is 4.79 Å². The molecule has 0 spiro atoms. The van der Waals surface area contributed by atoms with Crippen LogP contribution in [0.1, 0.15) is 57.8 Å². The quantitative estimate of drug-likeness (QED) is 0.789. The number of nitrogens with one attached hydrogen (secondary N) is 2. The molecule has 1 aromatic rings. The fourth-order valence-electron chi connectivity index (χ4n) is 2.42. The van der Waals surface area contributed by atoms with E-state index in [0.29, 0.717) is 24.2 Å². The summed E-state index contributed by atoms with van der Waals surface area (Å²) < 4.78 is 10.5. The fraction of sp³-hybridized carbons (Fsp3) is 0.579. The lowest BCUT2D eigenvalue weighted by Crippen LogP contribution is -2.55. The van der Waals surface area contributed by atoms with Crippen LogP contribution in [0.25, 0.3) is 0 Å². The van der Waals surface area contributed by atoms with E-state index in [0.717, 1.165) is 0 Å². The first kappa shape index (κ1) is 20.8. The minimum Gasteiger partial charge on any atom is -0.496 e. The van der Waals surface area contributed by atoms with Gasteiger partial charge in [-0.05, 0) is 45.7 Å². The minimum absolute atomic E-state index is 0.230. The highest BCUT2D eigenvalue weighted by Gasteiger charge is 2.30. The molecule has 0 atom stereocenters. The molecule has 0 aromatic heterocycles. The summed E-state index contributed by atoms with van der Waals surface area (Å²) in [6, 6.07) is 7.06. The Morgan fingerprint density at radius 3 is 2.20 bits per heavy atom. The van der Waals surface area contributed by atoms with E-state index in [1.807, 2.05) is 40.7 Å². The van der Waals surface area contributed by atoms with Crippen molar-refractivity contribution in [3.8, 4) is 5.75 Å². The highest BCUT2D eigenvalue weighted by molar-refractivity contribution is 5.97. The van der Waals surface area contributed by atoms with E-state index in [-0.39, 0.29) is 12.5 Å². The first-order valence-corrected chi connectivity index (χ1v) is 8.58. The van der Waals surface area contributed by atoms with Crippen LogP contribution in [0, 0.1) is 0 Å². The van der Waals surface area contributed by atoms with Gasteiger partial charge >= 0.3 is 6.09 Å². The number of benzene rings is 1. The molecule has 0 heterocycles. The molecule has 25 heavy (non-hydrogen) atoms. The van der Waals surface area contributed by atoms with Crippen molar-refractivity contribution in [2.24, 2.45) is 0 Å². The first-order valence-electron chi connectivity index (χ1n) is 8.58. The molecular weight excluding hydrogens is 320 g/mol. The van der Waals surface area contributed by atoms with Crippen molar-refractivity contribution in [3.05, 3.63) is 29.8 Å². The molecule has 0 unspecified atom stereocenters. The van der Waals surface area contributed by atoms with Crippen molar-refractivity contribution in [3.63, 3.8) is 0 Å². The van der Waals surface area contributed by atoms with Gasteiger partial charge < -0.3 is 20.1 Å². The van der Waals surface area contributed by atoms with Gasteiger partial charge in [0, 0.05) is 6.54 Å². The van der Waals surface area contributed by atoms with E-state index in [9.17, 15) is 9.59 Å². The number of hydrogen-bond donors (Lipinski definition) is 2. The Hall–Kier alpha value is -2.24. The third kappa shape index (κ3) is 6.29. The second-order valence-electron chi connectivity index (χ2n) is 7.00. The lowest BCUT2D eigenvalue weighted by atomic mass is 9.92. The van der Waals surface area contributed by atoms with Crippen LogP contribution in [0.5, 0.6) is 5.75 Å². The molecule has 2 amide bonds. The molecule has 0 bridgehead atoms. The second kappa shape index (κ2) is 8.74. The van der Waals surface area contributed by atoms with Crippen LogP contribution < -0.4 is 15.4 Å². The third-order valence-corrected chi connectivity index (χ3v) is 4.05. The zero-order valence-electron chi connectivity index (χ0n) is 16.1. The Kier molecular flexibility index (Phi) is 7.27. The maximum Gasteiger partial charge on any atom is 0.407 e. The highest BCUT2D eigenvalue weighted by Crippen LogP contribution is 2.21. The minimum atomic E-state index is -0.564. The molecule has 0 fully saturated rings. The molecule has 0 aliphatic heterocycles. The van der Waals surface area contributed by atoms with E-state index in [1.54, 1.807) is 18.2 Å². The molecule has 6 heteroatoms. The lowest BCUT2D eigenvalue weighted by Gasteiger charge is -2.33. The normalized spacial score (nSPS) is 11.6. The van der Waals surface area contributed by atoms with Gasteiger partial charge in [0.1, 0.15) is 11.4 Å². The summed E-state index contributed by atoms with van der Waals surface area (Å²) in [5.41, 5.74) is -0.658. The Labute approximate surface area is 150 Å². The first-order chi connectivity index (χ1) is 11.7. The Bertz CT molecular complexity index is 589. The second-order valence-corrected chi connectivity index (χ2v) is 7.00. The predicted octanol–water partition coefficient (Wildman–Crippen LogP) is 3.51.